The molecule has 0 aliphatic rings. The molecule has 0 radical (unpaired) electrons. The molecule has 2 atom stereocenters. The second kappa shape index (κ2) is 51.4. The topological polar surface area (TPSA) is 111 Å². The maximum atomic E-state index is 12.9. The van der Waals surface area contributed by atoms with E-state index in [1.165, 1.54) is 225 Å². The van der Waals surface area contributed by atoms with E-state index >= 15 is 0 Å². The minimum atomic E-state index is -1.62. The van der Waals surface area contributed by atoms with Crippen molar-refractivity contribution in [3.8, 4) is 0 Å². The number of rotatable bonds is 55. The fraction of sp³-hybridized carbons (Fsp3) is 0.915. The molecule has 0 amide bonds. The molecule has 0 rings (SSSR count). The van der Waals surface area contributed by atoms with Crippen LogP contribution in [-0.2, 0) is 33.3 Å². The summed E-state index contributed by atoms with van der Waals surface area (Å²) in [6.45, 7) is 4.80. The van der Waals surface area contributed by atoms with E-state index in [9.17, 15) is 19.5 Å². The number of hydrogen-bond donors (Lipinski definition) is 0. The van der Waals surface area contributed by atoms with Gasteiger partial charge in [0.1, 0.15) is 13.2 Å². The Hall–Kier alpha value is -1.97. The van der Waals surface area contributed by atoms with E-state index < -0.39 is 24.3 Å². The molecular weight excluding hydrogens is 851 g/mol. The SMILES string of the molecule is CCCCCCCCCC/C=C\CCCCCCCCCCCCCCCCCC(=O)OC(COC(=O)CCCCCCCCCCCCCCCCCC)COC(OCC[N+](C)(C)C)C(=O)[O-]. The molecule has 0 N–H and O–H groups in total. The lowest BCUT2D eigenvalue weighted by Crippen LogP contribution is -2.44. The van der Waals surface area contributed by atoms with Crippen molar-refractivity contribution in [2.45, 2.75) is 302 Å². The van der Waals surface area contributed by atoms with Crippen LogP contribution in [0.1, 0.15) is 290 Å². The van der Waals surface area contributed by atoms with Gasteiger partial charge in [-0.2, -0.15) is 0 Å². The van der Waals surface area contributed by atoms with Crippen LogP contribution in [0, 0.1) is 0 Å². The summed E-state index contributed by atoms with van der Waals surface area (Å²) in [4.78, 5) is 37.2. The number of aliphatic carboxylic acids is 1. The third-order valence-corrected chi connectivity index (χ3v) is 13.3. The predicted octanol–water partition coefficient (Wildman–Crippen LogP) is 15.6. The molecule has 68 heavy (non-hydrogen) atoms. The van der Waals surface area contributed by atoms with Crippen molar-refractivity contribution in [1.82, 2.24) is 0 Å². The molecule has 9 nitrogen and oxygen atoms in total. The van der Waals surface area contributed by atoms with Crippen molar-refractivity contribution < 1.29 is 42.9 Å². The number of allylic oxidation sites excluding steroid dienone is 2. The van der Waals surface area contributed by atoms with Gasteiger partial charge in [0, 0.05) is 12.8 Å². The summed E-state index contributed by atoms with van der Waals surface area (Å²) in [5, 5.41) is 11.8. The number of carbonyl (C=O) groups excluding carboxylic acids is 3. The molecule has 0 aliphatic carbocycles. The van der Waals surface area contributed by atoms with Crippen molar-refractivity contribution in [1.29, 1.82) is 0 Å². The van der Waals surface area contributed by atoms with Crippen LogP contribution in [0.4, 0.5) is 0 Å². The van der Waals surface area contributed by atoms with Crippen LogP contribution >= 0.6 is 0 Å². The van der Waals surface area contributed by atoms with Gasteiger partial charge in [0.2, 0.25) is 0 Å². The third kappa shape index (κ3) is 51.9. The monoisotopic (exact) mass is 964 g/mol. The van der Waals surface area contributed by atoms with E-state index in [-0.39, 0.29) is 32.2 Å². The summed E-state index contributed by atoms with van der Waals surface area (Å²) in [7, 11) is 5.93. The zero-order valence-electron chi connectivity index (χ0n) is 45.8. The van der Waals surface area contributed by atoms with Gasteiger partial charge in [-0.25, -0.2) is 0 Å². The maximum Gasteiger partial charge on any atom is 0.306 e. The normalized spacial score (nSPS) is 12.8. The smallest absolute Gasteiger partial charge is 0.306 e. The summed E-state index contributed by atoms with van der Waals surface area (Å²) in [5.74, 6) is -2.26. The first-order valence-electron chi connectivity index (χ1n) is 29.3. The molecule has 0 spiro atoms. The molecule has 0 bridgehead atoms. The number of unbranched alkanes of at least 4 members (excludes halogenated alkanes) is 38. The molecule has 0 aromatic carbocycles. The van der Waals surface area contributed by atoms with Crippen molar-refractivity contribution in [3.63, 3.8) is 0 Å². The first kappa shape index (κ1) is 66.0. The Morgan fingerprint density at radius 3 is 1.09 bits per heavy atom. The fourth-order valence-corrected chi connectivity index (χ4v) is 8.71. The third-order valence-electron chi connectivity index (χ3n) is 13.3. The lowest BCUT2D eigenvalue weighted by atomic mass is 10.0. The average molecular weight is 965 g/mol. The Bertz CT molecular complexity index is 1120. The van der Waals surface area contributed by atoms with Gasteiger partial charge in [-0.3, -0.25) is 9.59 Å². The van der Waals surface area contributed by atoms with Gasteiger partial charge in [-0.1, -0.05) is 251 Å². The molecule has 0 saturated carbocycles. The first-order valence-corrected chi connectivity index (χ1v) is 29.3. The number of quaternary nitrogens is 1. The molecule has 9 heteroatoms. The van der Waals surface area contributed by atoms with Crippen LogP contribution in [-0.4, -0.2) is 82.3 Å². The van der Waals surface area contributed by atoms with E-state index in [0.717, 1.165) is 38.5 Å². The van der Waals surface area contributed by atoms with Gasteiger partial charge < -0.3 is 33.3 Å². The number of carbonyl (C=O) groups is 3. The zero-order valence-corrected chi connectivity index (χ0v) is 45.8. The molecule has 0 heterocycles. The summed E-state index contributed by atoms with van der Waals surface area (Å²) < 4.78 is 22.7. The molecule has 0 fully saturated rings. The predicted molar refractivity (Wildman–Crippen MR) is 283 cm³/mol. The number of likely N-dealkylation sites (N-methyl/N-ethyl adjacent to an activating group) is 1. The molecular formula is C59H113NO8. The van der Waals surface area contributed by atoms with Crippen molar-refractivity contribution in [2.75, 3.05) is 47.5 Å². The quantitative estimate of drug-likeness (QED) is 0.0195. The van der Waals surface area contributed by atoms with Crippen LogP contribution in [0.15, 0.2) is 12.2 Å². The van der Waals surface area contributed by atoms with Crippen molar-refractivity contribution >= 4 is 17.9 Å². The van der Waals surface area contributed by atoms with E-state index in [1.807, 2.05) is 21.1 Å². The Balaban J connectivity index is 4.15. The van der Waals surface area contributed by atoms with Crippen LogP contribution < -0.4 is 5.11 Å². The number of carboxylic acid groups (broad SMARTS) is 1. The molecule has 402 valence electrons. The van der Waals surface area contributed by atoms with Gasteiger partial charge in [-0.05, 0) is 38.5 Å². The Labute approximate surface area is 421 Å². The second-order valence-electron chi connectivity index (χ2n) is 21.3. The van der Waals surface area contributed by atoms with E-state index in [1.54, 1.807) is 0 Å². The minimum Gasteiger partial charge on any atom is -0.545 e. The average Bonchev–Trinajstić information content (AvgIpc) is 3.30. The molecule has 0 aliphatic heterocycles. The number of ether oxygens (including phenoxy) is 4. The van der Waals surface area contributed by atoms with Gasteiger partial charge in [0.15, 0.2) is 12.4 Å². The molecule has 0 aromatic rings. The molecule has 2 unspecified atom stereocenters. The van der Waals surface area contributed by atoms with E-state index in [4.69, 9.17) is 18.9 Å². The van der Waals surface area contributed by atoms with Gasteiger partial charge >= 0.3 is 11.9 Å². The van der Waals surface area contributed by atoms with E-state index in [0.29, 0.717) is 17.4 Å². The minimum absolute atomic E-state index is 0.152. The van der Waals surface area contributed by atoms with Crippen LogP contribution in [0.2, 0.25) is 0 Å². The van der Waals surface area contributed by atoms with Crippen molar-refractivity contribution in [3.05, 3.63) is 12.2 Å². The van der Waals surface area contributed by atoms with Gasteiger partial charge in [-0.15, -0.1) is 0 Å². The molecule has 0 saturated heterocycles. The van der Waals surface area contributed by atoms with Gasteiger partial charge in [0.05, 0.1) is 40.3 Å². The largest absolute Gasteiger partial charge is 0.545 e. The highest BCUT2D eigenvalue weighted by atomic mass is 16.7. The number of esters is 2. The lowest BCUT2D eigenvalue weighted by molar-refractivity contribution is -0.870. The standard InChI is InChI=1S/C59H113NO8/c1-6-8-10-12-14-16-18-20-22-24-25-26-27-28-29-30-31-32-33-34-36-38-40-42-44-46-48-50-57(62)68-55(54-67-59(58(63)64)65-52-51-60(3,4)5)53-66-56(61)49-47-45-43-41-39-37-35-23-21-19-17-15-13-11-9-7-2/h24-25,55,59H,6-23,26-54H2,1-5H3/b25-24-. The van der Waals surface area contributed by atoms with Crippen LogP contribution in [0.5, 0.6) is 0 Å². The Morgan fingerprint density at radius 2 is 0.750 bits per heavy atom. The number of hydrogen-bond acceptors (Lipinski definition) is 8. The van der Waals surface area contributed by atoms with Gasteiger partial charge in [0.25, 0.3) is 0 Å². The Morgan fingerprint density at radius 1 is 0.426 bits per heavy atom. The van der Waals surface area contributed by atoms with Crippen LogP contribution in [0.25, 0.3) is 0 Å². The lowest BCUT2D eigenvalue weighted by Gasteiger charge is -2.26. The first-order chi connectivity index (χ1) is 33.1. The summed E-state index contributed by atoms with van der Waals surface area (Å²) in [6, 6.07) is 0. The zero-order chi connectivity index (χ0) is 49.9. The summed E-state index contributed by atoms with van der Waals surface area (Å²) >= 11 is 0. The summed E-state index contributed by atoms with van der Waals surface area (Å²) in [5.41, 5.74) is 0. The highest BCUT2D eigenvalue weighted by Gasteiger charge is 2.22. The van der Waals surface area contributed by atoms with Crippen LogP contribution in [0.3, 0.4) is 0 Å². The highest BCUT2D eigenvalue weighted by molar-refractivity contribution is 5.70. The molecule has 0 aromatic heterocycles. The number of nitrogens with zero attached hydrogens (tertiary/aromatic N) is 1. The highest BCUT2D eigenvalue weighted by Crippen LogP contribution is 2.17. The summed E-state index contributed by atoms with van der Waals surface area (Å²) in [6.07, 6.45) is 55.5. The maximum absolute atomic E-state index is 12.9. The Kier molecular flexibility index (Phi) is 49.9. The van der Waals surface area contributed by atoms with Crippen molar-refractivity contribution in [2.24, 2.45) is 0 Å². The van der Waals surface area contributed by atoms with E-state index in [2.05, 4.69) is 26.0 Å². The number of carboxylic acids is 1. The second-order valence-corrected chi connectivity index (χ2v) is 21.3. The fourth-order valence-electron chi connectivity index (χ4n) is 8.71.